The molecular weight excluding hydrogens is 455 g/mol. The van der Waals surface area contributed by atoms with Gasteiger partial charge in [-0.05, 0) is 30.3 Å². The number of aliphatic carboxylic acids is 1. The number of alkyl halides is 3. The van der Waals surface area contributed by atoms with Crippen molar-refractivity contribution in [2.75, 3.05) is 12.4 Å². The van der Waals surface area contributed by atoms with E-state index in [1.807, 2.05) is 25.2 Å². The monoisotopic (exact) mass is 475 g/mol. The summed E-state index contributed by atoms with van der Waals surface area (Å²) in [6, 6.07) is 11.7. The van der Waals surface area contributed by atoms with Crippen molar-refractivity contribution < 1.29 is 32.7 Å². The third kappa shape index (κ3) is 5.41. The highest BCUT2D eigenvalue weighted by Crippen LogP contribution is 2.34. The van der Waals surface area contributed by atoms with Crippen LogP contribution in [0.15, 0.2) is 41.5 Å². The highest BCUT2D eigenvalue weighted by atomic mass is 19.4. The summed E-state index contributed by atoms with van der Waals surface area (Å²) in [7, 11) is 1.91. The molecule has 0 aliphatic carbocycles. The van der Waals surface area contributed by atoms with Gasteiger partial charge in [-0.1, -0.05) is 24.3 Å². The SMILES string of the molecule is CNCc1ccc(-c2[nH]c3cc(NC(C)=O)cc4c3c2C=NNC4=O)cc1.O=C(O)C(F)(F)F. The fourth-order valence-corrected chi connectivity index (χ4v) is 3.38. The molecule has 0 spiro atoms. The van der Waals surface area contributed by atoms with Crippen LogP contribution in [0, 0.1) is 0 Å². The van der Waals surface area contributed by atoms with Crippen molar-refractivity contribution in [1.29, 1.82) is 0 Å². The average molecular weight is 475 g/mol. The van der Waals surface area contributed by atoms with Gasteiger partial charge < -0.3 is 20.7 Å². The number of carboxylic acid groups (broad SMARTS) is 1. The molecule has 9 nitrogen and oxygen atoms in total. The van der Waals surface area contributed by atoms with Crippen LogP contribution in [0.25, 0.3) is 22.2 Å². The molecule has 0 fully saturated rings. The normalized spacial score (nSPS) is 12.4. The number of halogens is 3. The maximum absolute atomic E-state index is 12.4. The number of hydrazone groups is 1. The molecule has 0 bridgehead atoms. The van der Waals surface area contributed by atoms with Crippen LogP contribution in [0.3, 0.4) is 0 Å². The Hall–Kier alpha value is -4.19. The van der Waals surface area contributed by atoms with E-state index in [0.717, 1.165) is 34.3 Å². The number of nitrogens with zero attached hydrogens (tertiary/aromatic N) is 1. The molecule has 2 amide bonds. The molecule has 0 radical (unpaired) electrons. The number of aromatic nitrogens is 1. The number of hydrogen-bond donors (Lipinski definition) is 5. The topological polar surface area (TPSA) is 136 Å². The largest absolute Gasteiger partial charge is 0.490 e. The summed E-state index contributed by atoms with van der Waals surface area (Å²) in [5, 5.41) is 17.8. The van der Waals surface area contributed by atoms with Gasteiger partial charge in [0.25, 0.3) is 5.91 Å². The second-order valence-electron chi connectivity index (χ2n) is 7.27. The second kappa shape index (κ2) is 9.75. The van der Waals surface area contributed by atoms with Crippen LogP contribution >= 0.6 is 0 Å². The summed E-state index contributed by atoms with van der Waals surface area (Å²) in [6.07, 6.45) is -3.43. The lowest BCUT2D eigenvalue weighted by Crippen LogP contribution is -2.21. The van der Waals surface area contributed by atoms with Gasteiger partial charge in [-0.25, -0.2) is 10.2 Å². The number of hydrogen-bond acceptors (Lipinski definition) is 5. The third-order valence-electron chi connectivity index (χ3n) is 4.73. The second-order valence-corrected chi connectivity index (χ2v) is 7.27. The first-order valence-electron chi connectivity index (χ1n) is 9.86. The standard InChI is InChI=1S/C20H19N5O2.C2HF3O2/c1-11(26)23-14-7-15-18-16(10-22-25-20(15)27)19(24-17(18)8-14)13-5-3-12(4-6-13)9-21-2;3-2(4,5)1(6)7/h3-8,10,21,24H,9H2,1-2H3,(H,23,26)(H,25,27);(H,6,7). The van der Waals surface area contributed by atoms with Crippen molar-refractivity contribution in [1.82, 2.24) is 15.7 Å². The van der Waals surface area contributed by atoms with E-state index in [-0.39, 0.29) is 11.8 Å². The van der Waals surface area contributed by atoms with Gasteiger partial charge in [0.15, 0.2) is 0 Å². The van der Waals surface area contributed by atoms with Crippen molar-refractivity contribution in [3.8, 4) is 11.3 Å². The summed E-state index contributed by atoms with van der Waals surface area (Å²) in [5.74, 6) is -3.26. The summed E-state index contributed by atoms with van der Waals surface area (Å²) < 4.78 is 31.7. The van der Waals surface area contributed by atoms with Gasteiger partial charge in [-0.15, -0.1) is 0 Å². The zero-order valence-corrected chi connectivity index (χ0v) is 18.0. The smallest absolute Gasteiger partial charge is 0.475 e. The fraction of sp³-hybridized carbons (Fsp3) is 0.182. The molecule has 12 heteroatoms. The van der Waals surface area contributed by atoms with Crippen LogP contribution in [-0.2, 0) is 16.1 Å². The number of rotatable bonds is 4. The molecular formula is C22H20F3N5O4. The van der Waals surface area contributed by atoms with E-state index < -0.39 is 12.1 Å². The molecule has 4 rings (SSSR count). The number of benzene rings is 2. The molecule has 0 saturated heterocycles. The van der Waals surface area contributed by atoms with E-state index >= 15 is 0 Å². The Morgan fingerprint density at radius 1 is 1.15 bits per heavy atom. The van der Waals surface area contributed by atoms with Crippen molar-refractivity contribution in [3.63, 3.8) is 0 Å². The summed E-state index contributed by atoms with van der Waals surface area (Å²) in [4.78, 5) is 36.2. The molecule has 2 heterocycles. The number of carboxylic acids is 1. The molecule has 2 aromatic carbocycles. The van der Waals surface area contributed by atoms with Crippen molar-refractivity contribution >= 4 is 40.6 Å². The number of anilines is 1. The Bertz CT molecular complexity index is 1280. The van der Waals surface area contributed by atoms with Crippen LogP contribution < -0.4 is 16.1 Å². The van der Waals surface area contributed by atoms with Crippen LogP contribution in [0.4, 0.5) is 18.9 Å². The van der Waals surface area contributed by atoms with Gasteiger partial charge in [-0.2, -0.15) is 18.3 Å². The first-order chi connectivity index (χ1) is 16.0. The number of amides is 2. The van der Waals surface area contributed by atoms with Gasteiger partial charge >= 0.3 is 12.1 Å². The molecule has 5 N–H and O–H groups in total. The minimum absolute atomic E-state index is 0.195. The molecule has 0 saturated carbocycles. The number of H-pyrrole nitrogens is 1. The predicted molar refractivity (Wildman–Crippen MR) is 120 cm³/mol. The Kier molecular flexibility index (Phi) is 7.01. The number of nitrogens with one attached hydrogen (secondary N) is 4. The van der Waals surface area contributed by atoms with Crippen molar-refractivity contribution in [3.05, 3.63) is 53.1 Å². The third-order valence-corrected chi connectivity index (χ3v) is 4.73. The minimum Gasteiger partial charge on any atom is -0.475 e. The van der Waals surface area contributed by atoms with E-state index in [0.29, 0.717) is 11.3 Å². The number of aromatic amines is 1. The molecule has 1 aromatic heterocycles. The quantitative estimate of drug-likeness (QED) is 0.395. The van der Waals surface area contributed by atoms with Crippen LogP contribution in [0.5, 0.6) is 0 Å². The predicted octanol–water partition coefficient (Wildman–Crippen LogP) is 3.22. The summed E-state index contributed by atoms with van der Waals surface area (Å²) in [6.45, 7) is 2.23. The van der Waals surface area contributed by atoms with Gasteiger partial charge in [0, 0.05) is 35.6 Å². The molecule has 178 valence electrons. The number of carbonyl (C=O) groups excluding carboxylic acids is 2. The first-order valence-corrected chi connectivity index (χ1v) is 9.86. The van der Waals surface area contributed by atoms with Gasteiger partial charge in [0.05, 0.1) is 17.5 Å². The maximum Gasteiger partial charge on any atom is 0.490 e. The Morgan fingerprint density at radius 3 is 2.35 bits per heavy atom. The zero-order valence-electron chi connectivity index (χ0n) is 18.0. The van der Waals surface area contributed by atoms with Crippen LogP contribution in [-0.4, -0.2) is 47.3 Å². The van der Waals surface area contributed by atoms with Gasteiger partial charge in [0.2, 0.25) is 5.91 Å². The zero-order chi connectivity index (χ0) is 25.0. The molecule has 0 atom stereocenters. The lowest BCUT2D eigenvalue weighted by Gasteiger charge is -2.06. The summed E-state index contributed by atoms with van der Waals surface area (Å²) >= 11 is 0. The van der Waals surface area contributed by atoms with E-state index in [1.165, 1.54) is 12.5 Å². The lowest BCUT2D eigenvalue weighted by atomic mass is 10.0. The molecule has 3 aromatic rings. The molecule has 1 aliphatic heterocycles. The van der Waals surface area contributed by atoms with Crippen LogP contribution in [0.2, 0.25) is 0 Å². The van der Waals surface area contributed by atoms with Crippen molar-refractivity contribution in [2.45, 2.75) is 19.6 Å². The first kappa shape index (κ1) is 24.5. The van der Waals surface area contributed by atoms with Gasteiger partial charge in [-0.3, -0.25) is 9.59 Å². The highest BCUT2D eigenvalue weighted by Gasteiger charge is 2.38. The molecule has 34 heavy (non-hydrogen) atoms. The Labute approximate surface area is 191 Å². The van der Waals surface area contributed by atoms with E-state index in [9.17, 15) is 22.8 Å². The van der Waals surface area contributed by atoms with Crippen molar-refractivity contribution in [2.24, 2.45) is 5.10 Å². The summed E-state index contributed by atoms with van der Waals surface area (Å²) in [5.41, 5.74) is 8.21. The lowest BCUT2D eigenvalue weighted by molar-refractivity contribution is -0.192. The average Bonchev–Trinajstić information content (AvgIpc) is 3.02. The fourth-order valence-electron chi connectivity index (χ4n) is 3.38. The molecule has 0 unspecified atom stereocenters. The maximum atomic E-state index is 12.4. The number of carbonyl (C=O) groups is 3. The minimum atomic E-state index is -5.08. The van der Waals surface area contributed by atoms with Gasteiger partial charge in [0.1, 0.15) is 0 Å². The van der Waals surface area contributed by atoms with E-state index in [1.54, 1.807) is 12.3 Å². The van der Waals surface area contributed by atoms with E-state index in [4.69, 9.17) is 9.90 Å². The van der Waals surface area contributed by atoms with Crippen LogP contribution in [0.1, 0.15) is 28.4 Å². The molecule has 1 aliphatic rings. The Morgan fingerprint density at radius 2 is 1.79 bits per heavy atom. The highest BCUT2D eigenvalue weighted by molar-refractivity contribution is 6.18. The van der Waals surface area contributed by atoms with E-state index in [2.05, 4.69) is 38.3 Å². The Balaban J connectivity index is 0.000000406.